The average molecular weight is 430 g/mol. The molecule has 170 valence electrons. The van der Waals surface area contributed by atoms with E-state index in [0.717, 1.165) is 12.8 Å². The molecule has 2 heterocycles. The van der Waals surface area contributed by atoms with Crippen molar-refractivity contribution < 1.29 is 19.1 Å². The Morgan fingerprint density at radius 3 is 2.61 bits per heavy atom. The molecule has 2 aliphatic rings. The van der Waals surface area contributed by atoms with Crippen molar-refractivity contribution in [2.45, 2.75) is 77.6 Å². The predicted octanol–water partition coefficient (Wildman–Crippen LogP) is 3.57. The molecule has 31 heavy (non-hydrogen) atoms. The SMILES string of the molecule is CC(C)[C@H](NC(=O)C1CCCN1C(=O)OC(C)(C)C)C1=N[C@H](Cc2ccccc2)CO1. The summed E-state index contributed by atoms with van der Waals surface area (Å²) in [6.45, 7) is 10.6. The summed E-state index contributed by atoms with van der Waals surface area (Å²) in [5.41, 5.74) is 0.617. The Morgan fingerprint density at radius 1 is 1.26 bits per heavy atom. The molecular weight excluding hydrogens is 394 g/mol. The van der Waals surface area contributed by atoms with Crippen molar-refractivity contribution in [2.24, 2.45) is 10.9 Å². The Balaban J connectivity index is 1.65. The van der Waals surface area contributed by atoms with Crippen LogP contribution >= 0.6 is 0 Å². The van der Waals surface area contributed by atoms with Crippen molar-refractivity contribution >= 4 is 17.9 Å². The molecule has 7 nitrogen and oxygen atoms in total. The second-order valence-electron chi connectivity index (χ2n) is 9.68. The molecule has 0 aliphatic carbocycles. The third kappa shape index (κ3) is 6.21. The van der Waals surface area contributed by atoms with Crippen molar-refractivity contribution in [2.75, 3.05) is 13.2 Å². The molecule has 0 spiro atoms. The Morgan fingerprint density at radius 2 is 1.97 bits per heavy atom. The molecule has 7 heteroatoms. The number of ether oxygens (including phenoxy) is 2. The summed E-state index contributed by atoms with van der Waals surface area (Å²) >= 11 is 0. The first-order valence-electron chi connectivity index (χ1n) is 11.2. The van der Waals surface area contributed by atoms with Gasteiger partial charge in [0, 0.05) is 6.54 Å². The van der Waals surface area contributed by atoms with E-state index in [9.17, 15) is 9.59 Å². The second kappa shape index (κ2) is 9.71. The van der Waals surface area contributed by atoms with E-state index in [4.69, 9.17) is 14.5 Å². The quantitative estimate of drug-likeness (QED) is 0.750. The van der Waals surface area contributed by atoms with Crippen LogP contribution in [0.3, 0.4) is 0 Å². The zero-order valence-electron chi connectivity index (χ0n) is 19.3. The maximum absolute atomic E-state index is 13.1. The summed E-state index contributed by atoms with van der Waals surface area (Å²) < 4.78 is 11.4. The van der Waals surface area contributed by atoms with Gasteiger partial charge >= 0.3 is 6.09 Å². The third-order valence-electron chi connectivity index (χ3n) is 5.46. The highest BCUT2D eigenvalue weighted by atomic mass is 16.6. The minimum atomic E-state index is -0.596. The summed E-state index contributed by atoms with van der Waals surface area (Å²) in [7, 11) is 0. The third-order valence-corrected chi connectivity index (χ3v) is 5.46. The van der Waals surface area contributed by atoms with Gasteiger partial charge in [-0.25, -0.2) is 9.79 Å². The van der Waals surface area contributed by atoms with Gasteiger partial charge in [0.15, 0.2) is 0 Å². The molecule has 0 saturated carbocycles. The number of nitrogens with zero attached hydrogens (tertiary/aromatic N) is 2. The molecule has 0 bridgehead atoms. The molecule has 3 rings (SSSR count). The van der Waals surface area contributed by atoms with E-state index in [1.54, 1.807) is 0 Å². The lowest BCUT2D eigenvalue weighted by Gasteiger charge is -2.29. The van der Waals surface area contributed by atoms with Crippen LogP contribution in [0, 0.1) is 5.92 Å². The van der Waals surface area contributed by atoms with E-state index in [1.165, 1.54) is 10.5 Å². The second-order valence-corrected chi connectivity index (χ2v) is 9.68. The lowest BCUT2D eigenvalue weighted by Crippen LogP contribution is -2.53. The summed E-state index contributed by atoms with van der Waals surface area (Å²) in [5, 5.41) is 3.09. The van der Waals surface area contributed by atoms with Crippen LogP contribution in [0.15, 0.2) is 35.3 Å². The number of likely N-dealkylation sites (tertiary alicyclic amines) is 1. The van der Waals surface area contributed by atoms with Crippen molar-refractivity contribution in [3.63, 3.8) is 0 Å². The number of carbonyl (C=O) groups excluding carboxylic acids is 2. The van der Waals surface area contributed by atoms with Gasteiger partial charge in [-0.3, -0.25) is 9.69 Å². The van der Waals surface area contributed by atoms with E-state index in [-0.39, 0.29) is 23.9 Å². The summed E-state index contributed by atoms with van der Waals surface area (Å²) in [5.74, 6) is 0.500. The minimum absolute atomic E-state index is 0.0419. The van der Waals surface area contributed by atoms with E-state index in [2.05, 4.69) is 17.4 Å². The minimum Gasteiger partial charge on any atom is -0.477 e. The van der Waals surface area contributed by atoms with E-state index in [0.29, 0.717) is 25.5 Å². The highest BCUT2D eigenvalue weighted by Crippen LogP contribution is 2.22. The van der Waals surface area contributed by atoms with Gasteiger partial charge < -0.3 is 14.8 Å². The number of rotatable bonds is 6. The number of nitrogens with one attached hydrogen (secondary N) is 1. The van der Waals surface area contributed by atoms with Crippen LogP contribution in [-0.2, 0) is 20.7 Å². The molecule has 1 aromatic rings. The number of benzene rings is 1. The molecule has 2 amide bonds. The van der Waals surface area contributed by atoms with Crippen LogP contribution in [0.5, 0.6) is 0 Å². The van der Waals surface area contributed by atoms with Gasteiger partial charge in [-0.15, -0.1) is 0 Å². The number of aliphatic imine (C=N–C) groups is 1. The first-order chi connectivity index (χ1) is 14.6. The van der Waals surface area contributed by atoms with Crippen LogP contribution in [0.4, 0.5) is 4.79 Å². The smallest absolute Gasteiger partial charge is 0.410 e. The molecule has 1 unspecified atom stereocenters. The molecule has 3 atom stereocenters. The number of carbonyl (C=O) groups is 2. The van der Waals surface area contributed by atoms with Crippen molar-refractivity contribution in [3.8, 4) is 0 Å². The lowest BCUT2D eigenvalue weighted by atomic mass is 10.0. The Kier molecular flexibility index (Phi) is 7.23. The van der Waals surface area contributed by atoms with Gasteiger partial charge in [0.25, 0.3) is 0 Å². The average Bonchev–Trinajstić information content (AvgIpc) is 3.35. The highest BCUT2D eigenvalue weighted by molar-refractivity contribution is 5.92. The van der Waals surface area contributed by atoms with E-state index in [1.807, 2.05) is 52.8 Å². The standard InChI is InChI=1S/C24H35N3O4/c1-16(2)20(22-25-18(15-30-22)14-17-10-7-6-8-11-17)26-21(28)19-12-9-13-27(19)23(29)31-24(3,4)5/h6-8,10-11,16,18-20H,9,12-15H2,1-5H3,(H,26,28)/t18-,19?,20+/m1/s1. The topological polar surface area (TPSA) is 80.2 Å². The number of hydrogen-bond acceptors (Lipinski definition) is 5. The van der Waals surface area contributed by atoms with Crippen LogP contribution in [0.2, 0.25) is 0 Å². The maximum atomic E-state index is 13.1. The van der Waals surface area contributed by atoms with Gasteiger partial charge in [-0.1, -0.05) is 44.2 Å². The molecule has 1 saturated heterocycles. The molecule has 2 aliphatic heterocycles. The summed E-state index contributed by atoms with van der Waals surface area (Å²) in [6, 6.07) is 9.39. The number of hydrogen-bond donors (Lipinski definition) is 1. The fraction of sp³-hybridized carbons (Fsp3) is 0.625. The Hall–Kier alpha value is -2.57. The van der Waals surface area contributed by atoms with Crippen LogP contribution in [0.1, 0.15) is 53.0 Å². The maximum Gasteiger partial charge on any atom is 0.410 e. The lowest BCUT2D eigenvalue weighted by molar-refractivity contribution is -0.126. The largest absolute Gasteiger partial charge is 0.477 e. The van der Waals surface area contributed by atoms with Crippen LogP contribution in [0.25, 0.3) is 0 Å². The zero-order valence-corrected chi connectivity index (χ0v) is 19.3. The molecule has 1 fully saturated rings. The summed E-state index contributed by atoms with van der Waals surface area (Å²) in [6.07, 6.45) is 1.77. The molecule has 1 aromatic carbocycles. The molecule has 0 aromatic heterocycles. The Labute approximate surface area is 185 Å². The van der Waals surface area contributed by atoms with Crippen LogP contribution in [-0.4, -0.2) is 59.7 Å². The van der Waals surface area contributed by atoms with Gasteiger partial charge in [0.05, 0.1) is 6.04 Å². The van der Waals surface area contributed by atoms with Gasteiger partial charge in [-0.2, -0.15) is 0 Å². The first-order valence-corrected chi connectivity index (χ1v) is 11.2. The van der Waals surface area contributed by atoms with Gasteiger partial charge in [-0.05, 0) is 51.5 Å². The molecule has 0 radical (unpaired) electrons. The normalized spacial score (nSPS) is 22.1. The predicted molar refractivity (Wildman–Crippen MR) is 120 cm³/mol. The van der Waals surface area contributed by atoms with Gasteiger partial charge in [0.1, 0.15) is 24.3 Å². The molecule has 1 N–H and O–H groups in total. The summed E-state index contributed by atoms with van der Waals surface area (Å²) in [4.78, 5) is 31.9. The van der Waals surface area contributed by atoms with Gasteiger partial charge in [0.2, 0.25) is 11.8 Å². The van der Waals surface area contributed by atoms with Crippen molar-refractivity contribution in [1.29, 1.82) is 0 Å². The fourth-order valence-electron chi connectivity index (χ4n) is 3.94. The first kappa shape index (κ1) is 23.1. The van der Waals surface area contributed by atoms with Crippen molar-refractivity contribution in [1.82, 2.24) is 10.2 Å². The van der Waals surface area contributed by atoms with E-state index >= 15 is 0 Å². The number of amides is 2. The zero-order chi connectivity index (χ0) is 22.6. The fourth-order valence-corrected chi connectivity index (χ4v) is 3.94. The van der Waals surface area contributed by atoms with E-state index < -0.39 is 17.7 Å². The van der Waals surface area contributed by atoms with Crippen molar-refractivity contribution in [3.05, 3.63) is 35.9 Å². The molecular formula is C24H35N3O4. The Bertz CT molecular complexity index is 801. The van der Waals surface area contributed by atoms with Crippen LogP contribution < -0.4 is 5.32 Å². The highest BCUT2D eigenvalue weighted by Gasteiger charge is 2.39. The monoisotopic (exact) mass is 429 g/mol.